The van der Waals surface area contributed by atoms with Gasteiger partial charge in [0.2, 0.25) is 5.91 Å². The van der Waals surface area contributed by atoms with E-state index < -0.39 is 0 Å². The maximum atomic E-state index is 12.3. The van der Waals surface area contributed by atoms with Gasteiger partial charge in [0.1, 0.15) is 0 Å². The summed E-state index contributed by atoms with van der Waals surface area (Å²) in [5.41, 5.74) is 1.73. The molecule has 1 aromatic carbocycles. The van der Waals surface area contributed by atoms with Crippen LogP contribution in [0.2, 0.25) is 0 Å². The average molecular weight is 350 g/mol. The lowest BCUT2D eigenvalue weighted by molar-refractivity contribution is -0.130. The van der Waals surface area contributed by atoms with Crippen molar-refractivity contribution in [2.24, 2.45) is 0 Å². The number of carbonyl (C=O) groups excluding carboxylic acids is 2. The van der Waals surface area contributed by atoms with Crippen molar-refractivity contribution in [3.63, 3.8) is 0 Å². The van der Waals surface area contributed by atoms with E-state index in [1.54, 1.807) is 11.9 Å². The van der Waals surface area contributed by atoms with Crippen molar-refractivity contribution >= 4 is 29.4 Å². The van der Waals surface area contributed by atoms with Gasteiger partial charge in [0.25, 0.3) is 0 Å². The van der Waals surface area contributed by atoms with Crippen LogP contribution in [0.15, 0.2) is 24.3 Å². The molecule has 0 aromatic heterocycles. The molecule has 132 valence electrons. The molecule has 1 aromatic rings. The van der Waals surface area contributed by atoms with Crippen molar-refractivity contribution in [2.75, 3.05) is 37.0 Å². The summed E-state index contributed by atoms with van der Waals surface area (Å²) < 4.78 is 0. The normalized spacial score (nSPS) is 15.7. The molecule has 0 radical (unpaired) electrons. The first-order valence-electron chi connectivity index (χ1n) is 8.49. The molecule has 1 aliphatic heterocycles. The van der Waals surface area contributed by atoms with Crippen LogP contribution in [-0.4, -0.2) is 59.4 Å². The van der Waals surface area contributed by atoms with Gasteiger partial charge in [0.15, 0.2) is 0 Å². The molecule has 1 N–H and O–H groups in total. The van der Waals surface area contributed by atoms with Crippen LogP contribution in [0.3, 0.4) is 0 Å². The lowest BCUT2D eigenvalue weighted by Gasteiger charge is -2.26. The quantitative estimate of drug-likeness (QED) is 0.889. The molecule has 1 fully saturated rings. The molecule has 5 nitrogen and oxygen atoms in total. The summed E-state index contributed by atoms with van der Waals surface area (Å²) in [7, 11) is 1.80. The number of amides is 3. The Bertz CT molecular complexity index is 521. The fourth-order valence-electron chi connectivity index (χ4n) is 2.49. The number of carbonyl (C=O) groups is 2. The van der Waals surface area contributed by atoms with Gasteiger partial charge in [-0.15, -0.1) is 0 Å². The van der Waals surface area contributed by atoms with E-state index >= 15 is 0 Å². The van der Waals surface area contributed by atoms with Crippen LogP contribution in [-0.2, 0) is 11.2 Å². The topological polar surface area (TPSA) is 52.7 Å². The summed E-state index contributed by atoms with van der Waals surface area (Å²) in [6, 6.07) is 7.63. The van der Waals surface area contributed by atoms with Crippen molar-refractivity contribution in [2.45, 2.75) is 32.7 Å². The molecule has 1 heterocycles. The summed E-state index contributed by atoms with van der Waals surface area (Å²) in [6.07, 6.45) is 1.34. The van der Waals surface area contributed by atoms with Crippen LogP contribution >= 0.6 is 11.8 Å². The fourth-order valence-corrected chi connectivity index (χ4v) is 3.39. The Hall–Kier alpha value is -1.69. The third kappa shape index (κ3) is 5.16. The van der Waals surface area contributed by atoms with E-state index in [2.05, 4.69) is 12.2 Å². The predicted octanol–water partition coefficient (Wildman–Crippen LogP) is 3.07. The minimum atomic E-state index is -0.112. The molecule has 1 saturated heterocycles. The lowest BCUT2D eigenvalue weighted by Crippen LogP contribution is -2.38. The molecule has 1 aliphatic rings. The van der Waals surface area contributed by atoms with Gasteiger partial charge in [-0.2, -0.15) is 11.8 Å². The first kappa shape index (κ1) is 18.6. The van der Waals surface area contributed by atoms with E-state index in [1.165, 1.54) is 0 Å². The maximum absolute atomic E-state index is 12.3. The second-order valence-electron chi connectivity index (χ2n) is 6.17. The van der Waals surface area contributed by atoms with Gasteiger partial charge in [-0.05, 0) is 31.0 Å². The number of rotatable bonds is 5. The number of anilines is 1. The van der Waals surface area contributed by atoms with E-state index in [1.807, 2.05) is 47.9 Å². The standard InChI is InChI=1S/C18H27N3O2S/c1-4-14(2)20(3)18(23)19-16-7-5-15(6-8-16)13-17(22)21-9-11-24-12-10-21/h5-8,14H,4,9-13H2,1-3H3,(H,19,23)/t14-/m0/s1. The molecule has 24 heavy (non-hydrogen) atoms. The Morgan fingerprint density at radius 3 is 2.46 bits per heavy atom. The van der Waals surface area contributed by atoms with E-state index in [4.69, 9.17) is 0 Å². The SMILES string of the molecule is CC[C@H](C)N(C)C(=O)Nc1ccc(CC(=O)N2CCSCC2)cc1. The molecule has 6 heteroatoms. The van der Waals surface area contributed by atoms with Crippen molar-refractivity contribution in [1.82, 2.24) is 9.80 Å². The van der Waals surface area contributed by atoms with Gasteiger partial charge in [0.05, 0.1) is 6.42 Å². The number of hydrogen-bond donors (Lipinski definition) is 1. The molecule has 2 rings (SSSR count). The molecular weight excluding hydrogens is 322 g/mol. The number of hydrogen-bond acceptors (Lipinski definition) is 3. The van der Waals surface area contributed by atoms with Gasteiger partial charge in [-0.1, -0.05) is 19.1 Å². The highest BCUT2D eigenvalue weighted by Crippen LogP contribution is 2.14. The average Bonchev–Trinajstić information content (AvgIpc) is 2.62. The third-order valence-electron chi connectivity index (χ3n) is 4.50. The molecule has 0 aliphatic carbocycles. The zero-order chi connectivity index (χ0) is 17.5. The second-order valence-corrected chi connectivity index (χ2v) is 7.39. The smallest absolute Gasteiger partial charge is 0.321 e. The van der Waals surface area contributed by atoms with Crippen molar-refractivity contribution in [3.05, 3.63) is 29.8 Å². The minimum absolute atomic E-state index is 0.112. The third-order valence-corrected chi connectivity index (χ3v) is 5.44. The molecule has 0 saturated carbocycles. The van der Waals surface area contributed by atoms with Gasteiger partial charge >= 0.3 is 6.03 Å². The Balaban J connectivity index is 1.88. The second kappa shape index (κ2) is 8.97. The Labute approximate surface area is 148 Å². The summed E-state index contributed by atoms with van der Waals surface area (Å²) >= 11 is 1.90. The molecule has 3 amide bonds. The zero-order valence-corrected chi connectivity index (χ0v) is 15.6. The summed E-state index contributed by atoms with van der Waals surface area (Å²) in [6.45, 7) is 5.77. The van der Waals surface area contributed by atoms with Crippen molar-refractivity contribution < 1.29 is 9.59 Å². The largest absolute Gasteiger partial charge is 0.341 e. The molecule has 0 bridgehead atoms. The van der Waals surface area contributed by atoms with Crippen LogP contribution in [0.1, 0.15) is 25.8 Å². The number of urea groups is 1. The Morgan fingerprint density at radius 2 is 1.88 bits per heavy atom. The molecule has 0 spiro atoms. The fraction of sp³-hybridized carbons (Fsp3) is 0.556. The molecular formula is C18H27N3O2S. The van der Waals surface area contributed by atoms with Crippen LogP contribution in [0.5, 0.6) is 0 Å². The summed E-state index contributed by atoms with van der Waals surface area (Å²) in [4.78, 5) is 28.0. The van der Waals surface area contributed by atoms with Gasteiger partial charge in [-0.25, -0.2) is 4.79 Å². The monoisotopic (exact) mass is 349 g/mol. The minimum Gasteiger partial charge on any atom is -0.341 e. The zero-order valence-electron chi connectivity index (χ0n) is 14.7. The highest BCUT2D eigenvalue weighted by molar-refractivity contribution is 7.99. The number of benzene rings is 1. The Morgan fingerprint density at radius 1 is 1.25 bits per heavy atom. The lowest BCUT2D eigenvalue weighted by atomic mass is 10.1. The van der Waals surface area contributed by atoms with E-state index in [0.29, 0.717) is 6.42 Å². The van der Waals surface area contributed by atoms with E-state index in [-0.39, 0.29) is 18.0 Å². The Kier molecular flexibility index (Phi) is 6.97. The number of thioether (sulfide) groups is 1. The van der Waals surface area contributed by atoms with Crippen LogP contribution in [0, 0.1) is 0 Å². The van der Waals surface area contributed by atoms with Gasteiger partial charge in [-0.3, -0.25) is 4.79 Å². The van der Waals surface area contributed by atoms with Crippen LogP contribution < -0.4 is 5.32 Å². The first-order chi connectivity index (χ1) is 11.5. The van der Waals surface area contributed by atoms with Gasteiger partial charge in [0, 0.05) is 43.4 Å². The highest BCUT2D eigenvalue weighted by atomic mass is 32.2. The van der Waals surface area contributed by atoms with Crippen molar-refractivity contribution in [1.29, 1.82) is 0 Å². The summed E-state index contributed by atoms with van der Waals surface area (Å²) in [5.74, 6) is 2.24. The number of nitrogens with zero attached hydrogens (tertiary/aromatic N) is 2. The van der Waals surface area contributed by atoms with Crippen molar-refractivity contribution in [3.8, 4) is 0 Å². The molecule has 0 unspecified atom stereocenters. The first-order valence-corrected chi connectivity index (χ1v) is 9.65. The molecule has 1 atom stereocenters. The van der Waals surface area contributed by atoms with E-state index in [0.717, 1.165) is 42.3 Å². The summed E-state index contributed by atoms with van der Waals surface area (Å²) in [5, 5.41) is 2.89. The highest BCUT2D eigenvalue weighted by Gasteiger charge is 2.17. The predicted molar refractivity (Wildman–Crippen MR) is 101 cm³/mol. The van der Waals surface area contributed by atoms with E-state index in [9.17, 15) is 9.59 Å². The maximum Gasteiger partial charge on any atom is 0.321 e. The van der Waals surface area contributed by atoms with Crippen LogP contribution in [0.4, 0.5) is 10.5 Å². The van der Waals surface area contributed by atoms with Crippen LogP contribution in [0.25, 0.3) is 0 Å². The number of nitrogens with one attached hydrogen (secondary N) is 1. The van der Waals surface area contributed by atoms with Gasteiger partial charge < -0.3 is 15.1 Å².